The highest BCUT2D eigenvalue weighted by atomic mass is 28.4. The van der Waals surface area contributed by atoms with Crippen molar-refractivity contribution in [2.45, 2.75) is 71.0 Å². The number of benzene rings is 2. The number of methoxy groups -OCH3 is 1. The van der Waals surface area contributed by atoms with Crippen molar-refractivity contribution >= 4 is 18.7 Å². The third kappa shape index (κ3) is 5.79. The number of aliphatic hydroxyl groups excluding tert-OH is 1. The van der Waals surface area contributed by atoms with Gasteiger partial charge in [0, 0.05) is 12.5 Å². The molecule has 0 amide bonds. The molecule has 35 heavy (non-hydrogen) atoms. The number of hydrogen-bond donors (Lipinski definition) is 1. The second-order valence-electron chi connectivity index (χ2n) is 10.9. The van der Waals surface area contributed by atoms with Gasteiger partial charge in [-0.25, -0.2) is 0 Å². The molecule has 0 saturated carbocycles. The maximum atomic E-state index is 11.4. The maximum absolute atomic E-state index is 11.4. The third-order valence-electron chi connectivity index (χ3n) is 7.02. The van der Waals surface area contributed by atoms with Crippen molar-refractivity contribution in [2.24, 2.45) is 5.41 Å². The second-order valence-corrected chi connectivity index (χ2v) is 15.2. The van der Waals surface area contributed by atoms with Crippen molar-refractivity contribution in [3.63, 3.8) is 0 Å². The summed E-state index contributed by atoms with van der Waals surface area (Å²) >= 11 is 0. The van der Waals surface area contributed by atoms with Crippen LogP contribution >= 0.6 is 0 Å². The summed E-state index contributed by atoms with van der Waals surface area (Å²) in [5, 5.41) is 13.6. The minimum absolute atomic E-state index is 0.0856. The summed E-state index contributed by atoms with van der Waals surface area (Å²) < 4.78 is 24.7. The molecule has 0 aromatic heterocycles. The van der Waals surface area contributed by atoms with E-state index in [9.17, 15) is 5.11 Å². The molecule has 1 aliphatic rings. The first-order valence-electron chi connectivity index (χ1n) is 12.4. The molecule has 0 spiro atoms. The van der Waals surface area contributed by atoms with Crippen LogP contribution in [0.15, 0.2) is 72.8 Å². The van der Waals surface area contributed by atoms with Crippen LogP contribution < -0.4 is 10.4 Å². The van der Waals surface area contributed by atoms with E-state index in [1.165, 1.54) is 10.4 Å². The van der Waals surface area contributed by atoms with E-state index in [0.29, 0.717) is 0 Å². The SMILES string of the molecule is C/C=C\C(C)(C)[C@H](OC)[C@H]1OCO[C@H](CO[Si](c2ccccc2)(c2ccccc2)C(C)(C)C)[C@H]1O. The molecule has 0 bridgehead atoms. The van der Waals surface area contributed by atoms with E-state index in [0.717, 1.165) is 0 Å². The zero-order chi connectivity index (χ0) is 25.7. The normalized spacial score (nSPS) is 22.9. The van der Waals surface area contributed by atoms with Gasteiger partial charge in [0.25, 0.3) is 8.32 Å². The highest BCUT2D eigenvalue weighted by molar-refractivity contribution is 6.99. The van der Waals surface area contributed by atoms with Gasteiger partial charge >= 0.3 is 0 Å². The topological polar surface area (TPSA) is 57.2 Å². The van der Waals surface area contributed by atoms with Crippen LogP contribution in [-0.4, -0.2) is 58.3 Å². The number of hydrogen-bond acceptors (Lipinski definition) is 5. The molecule has 2 aromatic rings. The molecule has 2 aromatic carbocycles. The van der Waals surface area contributed by atoms with Crippen LogP contribution in [0.1, 0.15) is 41.5 Å². The third-order valence-corrected chi connectivity index (χ3v) is 12.0. The first-order valence-corrected chi connectivity index (χ1v) is 14.3. The predicted molar refractivity (Wildman–Crippen MR) is 144 cm³/mol. The lowest BCUT2D eigenvalue weighted by Crippen LogP contribution is -2.68. The lowest BCUT2D eigenvalue weighted by molar-refractivity contribution is -0.266. The van der Waals surface area contributed by atoms with Crippen LogP contribution in [0.5, 0.6) is 0 Å². The van der Waals surface area contributed by atoms with Gasteiger partial charge in [-0.2, -0.15) is 0 Å². The van der Waals surface area contributed by atoms with Gasteiger partial charge in [0.1, 0.15) is 25.1 Å². The van der Waals surface area contributed by atoms with Gasteiger partial charge in [-0.1, -0.05) is 107 Å². The van der Waals surface area contributed by atoms with E-state index in [2.05, 4.69) is 89.2 Å². The molecular formula is C29H42O5Si. The number of aliphatic hydroxyl groups is 1. The lowest BCUT2D eigenvalue weighted by atomic mass is 9.80. The van der Waals surface area contributed by atoms with Gasteiger partial charge < -0.3 is 23.7 Å². The Kier molecular flexibility index (Phi) is 9.13. The molecule has 4 atom stereocenters. The van der Waals surface area contributed by atoms with Gasteiger partial charge in [-0.3, -0.25) is 0 Å². The van der Waals surface area contributed by atoms with E-state index >= 15 is 0 Å². The number of ether oxygens (including phenoxy) is 3. The highest BCUT2D eigenvalue weighted by Gasteiger charge is 2.52. The average Bonchev–Trinajstić information content (AvgIpc) is 2.82. The van der Waals surface area contributed by atoms with E-state index in [-0.39, 0.29) is 30.0 Å². The van der Waals surface area contributed by atoms with Crippen LogP contribution in [0, 0.1) is 5.41 Å². The van der Waals surface area contributed by atoms with Gasteiger partial charge in [-0.05, 0) is 22.3 Å². The molecule has 1 aliphatic heterocycles. The van der Waals surface area contributed by atoms with Gasteiger partial charge in [-0.15, -0.1) is 0 Å². The lowest BCUT2D eigenvalue weighted by Gasteiger charge is -2.46. The Morgan fingerprint density at radius 1 is 0.971 bits per heavy atom. The fraction of sp³-hybridized carbons (Fsp3) is 0.517. The summed E-state index contributed by atoms with van der Waals surface area (Å²) in [7, 11) is -1.08. The zero-order valence-corrected chi connectivity index (χ0v) is 23.2. The summed E-state index contributed by atoms with van der Waals surface area (Å²) in [5.74, 6) is 0. The Morgan fingerprint density at radius 2 is 1.51 bits per heavy atom. The van der Waals surface area contributed by atoms with Crippen molar-refractivity contribution in [3.8, 4) is 0 Å². The average molecular weight is 499 g/mol. The van der Waals surface area contributed by atoms with Gasteiger partial charge in [0.05, 0.1) is 12.7 Å². The van der Waals surface area contributed by atoms with Crippen molar-refractivity contribution < 1.29 is 23.7 Å². The summed E-state index contributed by atoms with van der Waals surface area (Å²) in [5.41, 5.74) is -0.324. The van der Waals surface area contributed by atoms with Crippen LogP contribution in [0.2, 0.25) is 5.04 Å². The van der Waals surface area contributed by atoms with Gasteiger partial charge in [0.2, 0.25) is 0 Å². The highest BCUT2D eigenvalue weighted by Crippen LogP contribution is 2.38. The molecule has 0 unspecified atom stereocenters. The zero-order valence-electron chi connectivity index (χ0n) is 22.2. The van der Waals surface area contributed by atoms with Gasteiger partial charge in [0.15, 0.2) is 0 Å². The van der Waals surface area contributed by atoms with E-state index in [4.69, 9.17) is 18.6 Å². The fourth-order valence-electron chi connectivity index (χ4n) is 5.38. The molecular weight excluding hydrogens is 456 g/mol. The molecule has 1 heterocycles. The van der Waals surface area contributed by atoms with Crippen LogP contribution in [-0.2, 0) is 18.6 Å². The summed E-state index contributed by atoms with van der Waals surface area (Å²) in [6, 6.07) is 21.0. The molecule has 0 radical (unpaired) electrons. The molecule has 5 nitrogen and oxygen atoms in total. The molecule has 1 N–H and O–H groups in total. The largest absolute Gasteiger partial charge is 0.405 e. The van der Waals surface area contributed by atoms with E-state index in [1.54, 1.807) is 7.11 Å². The van der Waals surface area contributed by atoms with Crippen molar-refractivity contribution in [3.05, 3.63) is 72.8 Å². The summed E-state index contributed by atoms with van der Waals surface area (Å²) in [6.45, 7) is 13.2. The Labute approximate surface area is 212 Å². The number of rotatable bonds is 9. The Hall–Kier alpha value is -1.80. The van der Waals surface area contributed by atoms with Crippen LogP contribution in [0.3, 0.4) is 0 Å². The van der Waals surface area contributed by atoms with Crippen molar-refractivity contribution in [2.75, 3.05) is 20.5 Å². The fourth-order valence-corrected chi connectivity index (χ4v) is 9.95. The maximum Gasteiger partial charge on any atom is 0.261 e. The van der Waals surface area contributed by atoms with E-state index < -0.39 is 26.6 Å². The smallest absolute Gasteiger partial charge is 0.261 e. The number of allylic oxidation sites excluding steroid dienone is 1. The predicted octanol–water partition coefficient (Wildman–Crippen LogP) is 4.28. The summed E-state index contributed by atoms with van der Waals surface area (Å²) in [6.07, 6.45) is 1.79. The monoisotopic (exact) mass is 498 g/mol. The second kappa shape index (κ2) is 11.5. The first-order chi connectivity index (χ1) is 16.6. The van der Waals surface area contributed by atoms with Crippen molar-refractivity contribution in [1.82, 2.24) is 0 Å². The van der Waals surface area contributed by atoms with Crippen LogP contribution in [0.4, 0.5) is 0 Å². The summed E-state index contributed by atoms with van der Waals surface area (Å²) in [4.78, 5) is 0. The molecule has 3 rings (SSSR count). The molecule has 6 heteroatoms. The standard InChI is InChI=1S/C29H42O5Si/c1-8-19-29(5,6)27(31-7)26-25(30)24(32-21-33-26)20-34-35(28(2,3)4,22-15-11-9-12-16-22)23-17-13-10-14-18-23/h8-19,24-27,30H,20-21H2,1-7H3/b19-8-/t24-,25-,26+,27-/m1/s1. The van der Waals surface area contributed by atoms with E-state index in [1.807, 2.05) is 25.1 Å². The minimum atomic E-state index is -2.74. The molecule has 192 valence electrons. The Bertz CT molecular complexity index is 899. The molecule has 1 saturated heterocycles. The first kappa shape index (κ1) is 27.8. The van der Waals surface area contributed by atoms with Crippen molar-refractivity contribution in [1.29, 1.82) is 0 Å². The minimum Gasteiger partial charge on any atom is -0.405 e. The molecule has 1 fully saturated rings. The quantitative estimate of drug-likeness (QED) is 0.413. The van der Waals surface area contributed by atoms with Crippen LogP contribution in [0.25, 0.3) is 0 Å². The molecule has 0 aliphatic carbocycles. The Morgan fingerprint density at radius 3 is 1.97 bits per heavy atom. The Balaban J connectivity index is 1.94.